The predicted octanol–water partition coefficient (Wildman–Crippen LogP) is 1.96. The lowest BCUT2D eigenvalue weighted by Crippen LogP contribution is -2.52. The minimum Gasteiger partial charge on any atom is -0.451 e. The Bertz CT molecular complexity index is 962. The molecule has 2 fully saturated rings. The van der Waals surface area contributed by atoms with Crippen molar-refractivity contribution < 1.29 is 22.4 Å². The fraction of sp³-hybridized carbons (Fsp3) is 0.550. The van der Waals surface area contributed by atoms with E-state index in [9.17, 15) is 13.2 Å². The van der Waals surface area contributed by atoms with Crippen molar-refractivity contribution in [1.29, 1.82) is 0 Å². The molecule has 2 saturated heterocycles. The van der Waals surface area contributed by atoms with E-state index in [4.69, 9.17) is 9.15 Å². The number of methoxy groups -OCH3 is 1. The lowest BCUT2D eigenvalue weighted by molar-refractivity contribution is 0.0868. The Balaban J connectivity index is 1.60. The van der Waals surface area contributed by atoms with Gasteiger partial charge in [-0.05, 0) is 32.0 Å². The molecule has 0 spiro atoms. The van der Waals surface area contributed by atoms with Crippen LogP contribution in [0.15, 0.2) is 28.7 Å². The first kappa shape index (κ1) is 19.4. The third kappa shape index (κ3) is 3.81. The van der Waals surface area contributed by atoms with Crippen molar-refractivity contribution in [3.63, 3.8) is 0 Å². The van der Waals surface area contributed by atoms with Crippen LogP contribution in [-0.4, -0.2) is 63.0 Å². The number of sulfone groups is 1. The number of likely N-dealkylation sites (tertiary alicyclic amines) is 1. The number of carbonyl (C=O) groups excluding carboxylic acids is 1. The molecular weight excluding hydrogens is 380 g/mol. The van der Waals surface area contributed by atoms with E-state index in [1.54, 1.807) is 7.11 Å². The van der Waals surface area contributed by atoms with Gasteiger partial charge >= 0.3 is 0 Å². The van der Waals surface area contributed by atoms with Crippen molar-refractivity contribution in [3.8, 4) is 0 Å². The number of piperidine rings is 1. The monoisotopic (exact) mass is 406 g/mol. The average Bonchev–Trinajstić information content (AvgIpc) is 3.20. The maximum Gasteiger partial charge on any atom is 0.287 e. The summed E-state index contributed by atoms with van der Waals surface area (Å²) < 4.78 is 35.7. The Hall–Kier alpha value is -1.90. The largest absolute Gasteiger partial charge is 0.451 e. The SMILES string of the molecule is COCc1c(C(=O)N[C@H]2CS(=O)(=O)C[C@H]2N2CCCCC2)oc2ccccc12. The van der Waals surface area contributed by atoms with Crippen LogP contribution in [0.4, 0.5) is 0 Å². The molecule has 152 valence electrons. The van der Waals surface area contributed by atoms with Gasteiger partial charge in [-0.25, -0.2) is 8.42 Å². The van der Waals surface area contributed by atoms with Crippen LogP contribution in [0.1, 0.15) is 35.4 Å². The zero-order valence-corrected chi connectivity index (χ0v) is 16.8. The van der Waals surface area contributed by atoms with Gasteiger partial charge in [0.2, 0.25) is 0 Å². The number of nitrogens with zero attached hydrogens (tertiary/aromatic N) is 1. The number of nitrogens with one attached hydrogen (secondary N) is 1. The Labute approximate surface area is 164 Å². The summed E-state index contributed by atoms with van der Waals surface area (Å²) in [6.07, 6.45) is 3.31. The van der Waals surface area contributed by atoms with Gasteiger partial charge in [0.25, 0.3) is 5.91 Å². The second-order valence-electron chi connectivity index (χ2n) is 7.66. The molecule has 2 atom stereocenters. The molecule has 1 aromatic carbocycles. The van der Waals surface area contributed by atoms with Crippen molar-refractivity contribution in [2.45, 2.75) is 38.0 Å². The Morgan fingerprint density at radius 3 is 2.71 bits per heavy atom. The standard InChI is InChI=1S/C20H26N2O5S/c1-26-11-15-14-7-3-4-8-18(14)27-19(15)20(23)21-16-12-28(24,25)13-17(16)22-9-5-2-6-10-22/h3-4,7-8,16-17H,2,5-6,9-13H2,1H3,(H,21,23)/t16-,17+/m0/s1. The molecule has 0 radical (unpaired) electrons. The van der Waals surface area contributed by atoms with Gasteiger partial charge in [0.05, 0.1) is 24.2 Å². The van der Waals surface area contributed by atoms with Crippen LogP contribution in [0.3, 0.4) is 0 Å². The predicted molar refractivity (Wildman–Crippen MR) is 106 cm³/mol. The van der Waals surface area contributed by atoms with Crippen molar-refractivity contribution >= 4 is 26.7 Å². The fourth-order valence-electron chi connectivity index (χ4n) is 4.38. The van der Waals surface area contributed by atoms with Gasteiger partial charge in [0.1, 0.15) is 5.58 Å². The highest BCUT2D eigenvalue weighted by molar-refractivity contribution is 7.91. The maximum absolute atomic E-state index is 13.0. The van der Waals surface area contributed by atoms with E-state index in [1.165, 1.54) is 6.42 Å². The van der Waals surface area contributed by atoms with E-state index in [1.807, 2.05) is 24.3 Å². The zero-order chi connectivity index (χ0) is 19.7. The highest BCUT2D eigenvalue weighted by Gasteiger charge is 2.42. The molecule has 2 aromatic rings. The molecule has 8 heteroatoms. The molecule has 2 aliphatic rings. The molecule has 3 heterocycles. The topological polar surface area (TPSA) is 88.8 Å². The van der Waals surface area contributed by atoms with Crippen molar-refractivity contribution in [3.05, 3.63) is 35.6 Å². The molecule has 1 aromatic heterocycles. The first-order valence-electron chi connectivity index (χ1n) is 9.73. The van der Waals surface area contributed by atoms with E-state index >= 15 is 0 Å². The molecular formula is C20H26N2O5S. The quantitative estimate of drug-likeness (QED) is 0.817. The number of amides is 1. The van der Waals surface area contributed by atoms with Gasteiger partial charge in [-0.2, -0.15) is 0 Å². The van der Waals surface area contributed by atoms with E-state index in [-0.39, 0.29) is 35.8 Å². The summed E-state index contributed by atoms with van der Waals surface area (Å²) in [6.45, 7) is 2.01. The summed E-state index contributed by atoms with van der Waals surface area (Å²) in [6, 6.07) is 6.82. The summed E-state index contributed by atoms with van der Waals surface area (Å²) in [4.78, 5) is 15.2. The fourth-order valence-corrected chi connectivity index (χ4v) is 6.33. The summed E-state index contributed by atoms with van der Waals surface area (Å²) >= 11 is 0. The van der Waals surface area contributed by atoms with E-state index in [0.29, 0.717) is 11.1 Å². The molecule has 0 bridgehead atoms. The normalized spacial score (nSPS) is 25.2. The highest BCUT2D eigenvalue weighted by atomic mass is 32.2. The number of hydrogen-bond acceptors (Lipinski definition) is 6. The third-order valence-corrected chi connectivity index (χ3v) is 7.41. The molecule has 2 aliphatic heterocycles. The van der Waals surface area contributed by atoms with Crippen LogP contribution in [-0.2, 0) is 21.2 Å². The Morgan fingerprint density at radius 2 is 1.96 bits per heavy atom. The van der Waals surface area contributed by atoms with Crippen molar-refractivity contribution in [2.75, 3.05) is 31.7 Å². The molecule has 0 saturated carbocycles. The van der Waals surface area contributed by atoms with Gasteiger partial charge in [0.15, 0.2) is 15.6 Å². The smallest absolute Gasteiger partial charge is 0.287 e. The lowest BCUT2D eigenvalue weighted by Gasteiger charge is -2.34. The third-order valence-electron chi connectivity index (χ3n) is 5.69. The van der Waals surface area contributed by atoms with Gasteiger partial charge in [0, 0.05) is 24.1 Å². The van der Waals surface area contributed by atoms with Crippen molar-refractivity contribution in [1.82, 2.24) is 10.2 Å². The molecule has 1 N–H and O–H groups in total. The minimum atomic E-state index is -3.18. The van der Waals surface area contributed by atoms with Crippen molar-refractivity contribution in [2.24, 2.45) is 0 Å². The summed E-state index contributed by atoms with van der Waals surface area (Å²) in [5.74, 6) is -0.111. The number of para-hydroxylation sites is 1. The van der Waals surface area contributed by atoms with E-state index < -0.39 is 15.9 Å². The lowest BCUT2D eigenvalue weighted by atomic mass is 10.0. The molecule has 7 nitrogen and oxygen atoms in total. The average molecular weight is 407 g/mol. The van der Waals surface area contributed by atoms with Crippen LogP contribution in [0, 0.1) is 0 Å². The van der Waals surface area contributed by atoms with Gasteiger partial charge in [-0.15, -0.1) is 0 Å². The summed E-state index contributed by atoms with van der Waals surface area (Å²) in [5.41, 5.74) is 1.30. The number of carbonyl (C=O) groups is 1. The molecule has 28 heavy (non-hydrogen) atoms. The van der Waals surface area contributed by atoms with Crippen LogP contribution in [0.25, 0.3) is 11.0 Å². The molecule has 0 unspecified atom stereocenters. The number of fused-ring (bicyclic) bond motifs is 1. The van der Waals surface area contributed by atoms with Crippen LogP contribution in [0.5, 0.6) is 0 Å². The Morgan fingerprint density at radius 1 is 1.21 bits per heavy atom. The number of ether oxygens (including phenoxy) is 1. The number of rotatable bonds is 5. The molecule has 4 rings (SSSR count). The van der Waals surface area contributed by atoms with E-state index in [0.717, 1.165) is 31.3 Å². The zero-order valence-electron chi connectivity index (χ0n) is 16.0. The van der Waals surface area contributed by atoms with Crippen LogP contribution >= 0.6 is 0 Å². The molecule has 1 amide bonds. The second kappa shape index (κ2) is 7.85. The highest BCUT2D eigenvalue weighted by Crippen LogP contribution is 2.28. The summed E-state index contributed by atoms with van der Waals surface area (Å²) in [5, 5.41) is 3.78. The maximum atomic E-state index is 13.0. The number of furan rings is 1. The number of hydrogen-bond donors (Lipinski definition) is 1. The first-order valence-corrected chi connectivity index (χ1v) is 11.6. The van der Waals surface area contributed by atoms with Gasteiger partial charge < -0.3 is 14.5 Å². The van der Waals surface area contributed by atoms with Gasteiger partial charge in [-0.1, -0.05) is 24.6 Å². The first-order chi connectivity index (χ1) is 13.5. The molecule has 0 aliphatic carbocycles. The Kier molecular flexibility index (Phi) is 5.44. The number of benzene rings is 1. The van der Waals surface area contributed by atoms with Gasteiger partial charge in [-0.3, -0.25) is 9.69 Å². The van der Waals surface area contributed by atoms with Crippen LogP contribution in [0.2, 0.25) is 0 Å². The summed E-state index contributed by atoms with van der Waals surface area (Å²) in [7, 11) is -1.61. The second-order valence-corrected chi connectivity index (χ2v) is 9.81. The van der Waals surface area contributed by atoms with E-state index in [2.05, 4.69) is 10.2 Å². The minimum absolute atomic E-state index is 0.0280. The van der Waals surface area contributed by atoms with Crippen LogP contribution < -0.4 is 5.32 Å².